The quantitative estimate of drug-likeness (QED) is 0.821. The number of aromatic nitrogens is 1. The minimum absolute atomic E-state index is 0.646. The summed E-state index contributed by atoms with van der Waals surface area (Å²) in [5.41, 5.74) is 6.89. The lowest BCUT2D eigenvalue weighted by Gasteiger charge is -1.92. The number of hydrogen-bond acceptors (Lipinski definition) is 5. The number of anilines is 1. The third-order valence-corrected chi connectivity index (χ3v) is 4.29. The van der Waals surface area contributed by atoms with Gasteiger partial charge in [-0.1, -0.05) is 11.3 Å². The second-order valence-corrected chi connectivity index (χ2v) is 5.56. The van der Waals surface area contributed by atoms with E-state index < -0.39 is 0 Å². The first-order valence-electron chi connectivity index (χ1n) is 3.70. The van der Waals surface area contributed by atoms with Crippen LogP contribution in [0.1, 0.15) is 5.56 Å². The Balaban J connectivity index is 1.93. The van der Waals surface area contributed by atoms with Crippen molar-refractivity contribution in [3.63, 3.8) is 0 Å². The molecular formula is C8H8N2S3. The van der Waals surface area contributed by atoms with Gasteiger partial charge < -0.3 is 5.73 Å². The van der Waals surface area contributed by atoms with Gasteiger partial charge >= 0.3 is 0 Å². The molecule has 2 aromatic heterocycles. The summed E-state index contributed by atoms with van der Waals surface area (Å²) in [7, 11) is 0. The van der Waals surface area contributed by atoms with Gasteiger partial charge in [0.1, 0.15) is 0 Å². The minimum Gasteiger partial charge on any atom is -0.375 e. The molecule has 2 heterocycles. The Morgan fingerprint density at radius 3 is 3.08 bits per heavy atom. The van der Waals surface area contributed by atoms with Crippen molar-refractivity contribution in [3.05, 3.63) is 28.6 Å². The molecule has 13 heavy (non-hydrogen) atoms. The fourth-order valence-corrected chi connectivity index (χ4v) is 3.34. The van der Waals surface area contributed by atoms with Crippen molar-refractivity contribution in [1.82, 2.24) is 4.98 Å². The third kappa shape index (κ3) is 2.46. The Labute approximate surface area is 88.8 Å². The molecule has 2 N–H and O–H groups in total. The number of thiophene rings is 1. The Hall–Kier alpha value is -0.520. The van der Waals surface area contributed by atoms with Crippen molar-refractivity contribution in [2.45, 2.75) is 9.96 Å². The number of rotatable bonds is 3. The van der Waals surface area contributed by atoms with Crippen LogP contribution in [0.25, 0.3) is 0 Å². The van der Waals surface area contributed by atoms with Crippen LogP contribution in [0.4, 0.5) is 5.13 Å². The van der Waals surface area contributed by atoms with Gasteiger partial charge in [-0.2, -0.15) is 11.3 Å². The molecule has 0 atom stereocenters. The maximum Gasteiger partial charge on any atom is 0.181 e. The first kappa shape index (κ1) is 9.05. The molecule has 0 aliphatic carbocycles. The topological polar surface area (TPSA) is 38.9 Å². The van der Waals surface area contributed by atoms with Crippen LogP contribution >= 0.6 is 34.4 Å². The highest BCUT2D eigenvalue weighted by Gasteiger charge is 2.00. The Morgan fingerprint density at radius 1 is 1.54 bits per heavy atom. The van der Waals surface area contributed by atoms with E-state index in [9.17, 15) is 0 Å². The summed E-state index contributed by atoms with van der Waals surface area (Å²) in [5, 5.41) is 4.90. The van der Waals surface area contributed by atoms with E-state index in [2.05, 4.69) is 21.8 Å². The molecule has 0 aliphatic heterocycles. The molecule has 2 rings (SSSR count). The van der Waals surface area contributed by atoms with E-state index in [1.807, 2.05) is 6.20 Å². The van der Waals surface area contributed by atoms with Crippen molar-refractivity contribution in [2.24, 2.45) is 0 Å². The standard InChI is InChI=1S/C8H8N2S3/c9-8-10-3-7(13-8)12-5-6-1-2-11-4-6/h1-4H,5H2,(H2,9,10). The zero-order valence-electron chi connectivity index (χ0n) is 6.77. The lowest BCUT2D eigenvalue weighted by Crippen LogP contribution is -1.77. The smallest absolute Gasteiger partial charge is 0.181 e. The number of hydrogen-bond donors (Lipinski definition) is 1. The maximum atomic E-state index is 5.52. The van der Waals surface area contributed by atoms with Gasteiger partial charge in [0.25, 0.3) is 0 Å². The molecule has 0 amide bonds. The zero-order chi connectivity index (χ0) is 9.10. The molecule has 0 spiro atoms. The lowest BCUT2D eigenvalue weighted by molar-refractivity contribution is 1.37. The van der Waals surface area contributed by atoms with E-state index in [4.69, 9.17) is 5.73 Å². The molecule has 0 aromatic carbocycles. The van der Waals surface area contributed by atoms with Crippen LogP contribution in [0.2, 0.25) is 0 Å². The van der Waals surface area contributed by atoms with Gasteiger partial charge in [0.2, 0.25) is 0 Å². The predicted octanol–water partition coefficient (Wildman–Crippen LogP) is 3.08. The number of thiazole rings is 1. The highest BCUT2D eigenvalue weighted by Crippen LogP contribution is 2.29. The van der Waals surface area contributed by atoms with Crippen LogP contribution in [0.3, 0.4) is 0 Å². The molecule has 2 aromatic rings. The Bertz CT molecular complexity index is 366. The number of thioether (sulfide) groups is 1. The summed E-state index contributed by atoms with van der Waals surface area (Å²) >= 11 is 5.05. The monoisotopic (exact) mass is 228 g/mol. The fourth-order valence-electron chi connectivity index (χ4n) is 0.868. The molecule has 0 saturated carbocycles. The molecule has 0 bridgehead atoms. The van der Waals surface area contributed by atoms with E-state index in [1.165, 1.54) is 9.77 Å². The van der Waals surface area contributed by atoms with E-state index >= 15 is 0 Å². The molecule has 0 fully saturated rings. The number of nitrogens with zero attached hydrogens (tertiary/aromatic N) is 1. The second-order valence-electron chi connectivity index (χ2n) is 2.44. The first-order chi connectivity index (χ1) is 6.34. The molecule has 5 heteroatoms. The predicted molar refractivity (Wildman–Crippen MR) is 60.4 cm³/mol. The summed E-state index contributed by atoms with van der Waals surface area (Å²) in [4.78, 5) is 3.99. The van der Waals surface area contributed by atoms with Crippen molar-refractivity contribution >= 4 is 39.6 Å². The summed E-state index contributed by atoms with van der Waals surface area (Å²) in [6.45, 7) is 0. The van der Waals surface area contributed by atoms with Crippen LogP contribution in [0.15, 0.2) is 27.2 Å². The molecule has 0 aliphatic rings. The van der Waals surface area contributed by atoms with Crippen LogP contribution in [0, 0.1) is 0 Å². The molecular weight excluding hydrogens is 220 g/mol. The van der Waals surface area contributed by atoms with Gasteiger partial charge in [0.05, 0.1) is 10.4 Å². The minimum atomic E-state index is 0.646. The normalized spacial score (nSPS) is 10.5. The highest BCUT2D eigenvalue weighted by molar-refractivity contribution is 8.00. The summed E-state index contributed by atoms with van der Waals surface area (Å²) < 4.78 is 1.18. The van der Waals surface area contributed by atoms with E-state index in [1.54, 1.807) is 34.4 Å². The number of nitrogen functional groups attached to an aromatic ring is 1. The molecule has 2 nitrogen and oxygen atoms in total. The van der Waals surface area contributed by atoms with Crippen LogP contribution in [-0.2, 0) is 5.75 Å². The van der Waals surface area contributed by atoms with Crippen molar-refractivity contribution in [1.29, 1.82) is 0 Å². The van der Waals surface area contributed by atoms with Gasteiger partial charge in [-0.25, -0.2) is 4.98 Å². The van der Waals surface area contributed by atoms with Gasteiger partial charge in [0.15, 0.2) is 5.13 Å². The van der Waals surface area contributed by atoms with Crippen molar-refractivity contribution in [3.8, 4) is 0 Å². The van der Waals surface area contributed by atoms with E-state index in [-0.39, 0.29) is 0 Å². The van der Waals surface area contributed by atoms with Gasteiger partial charge in [-0.05, 0) is 22.4 Å². The third-order valence-electron chi connectivity index (χ3n) is 1.46. The Kier molecular flexibility index (Phi) is 2.87. The zero-order valence-corrected chi connectivity index (χ0v) is 9.22. The SMILES string of the molecule is Nc1ncc(SCc2ccsc2)s1. The Morgan fingerprint density at radius 2 is 2.46 bits per heavy atom. The summed E-state index contributed by atoms with van der Waals surface area (Å²) in [6.07, 6.45) is 1.83. The molecule has 0 radical (unpaired) electrons. The van der Waals surface area contributed by atoms with Crippen molar-refractivity contribution < 1.29 is 0 Å². The summed E-state index contributed by atoms with van der Waals surface area (Å²) in [6, 6.07) is 2.14. The number of nitrogens with two attached hydrogens (primary N) is 1. The average Bonchev–Trinajstić information content (AvgIpc) is 2.71. The second kappa shape index (κ2) is 4.13. The maximum absolute atomic E-state index is 5.52. The van der Waals surface area contributed by atoms with E-state index in [0.717, 1.165) is 5.75 Å². The molecule has 68 valence electrons. The van der Waals surface area contributed by atoms with Gasteiger partial charge in [0, 0.05) is 5.75 Å². The summed E-state index contributed by atoms with van der Waals surface area (Å²) in [5.74, 6) is 1.01. The molecule has 0 saturated heterocycles. The molecule has 0 unspecified atom stereocenters. The van der Waals surface area contributed by atoms with Gasteiger partial charge in [-0.15, -0.1) is 11.8 Å². The van der Waals surface area contributed by atoms with Crippen LogP contribution in [0.5, 0.6) is 0 Å². The van der Waals surface area contributed by atoms with Crippen LogP contribution in [-0.4, -0.2) is 4.98 Å². The van der Waals surface area contributed by atoms with Crippen molar-refractivity contribution in [2.75, 3.05) is 5.73 Å². The lowest BCUT2D eigenvalue weighted by atomic mass is 10.4. The van der Waals surface area contributed by atoms with Gasteiger partial charge in [-0.3, -0.25) is 0 Å². The van der Waals surface area contributed by atoms with Crippen LogP contribution < -0.4 is 5.73 Å². The highest BCUT2D eigenvalue weighted by atomic mass is 32.2. The van der Waals surface area contributed by atoms with E-state index in [0.29, 0.717) is 5.13 Å². The largest absolute Gasteiger partial charge is 0.375 e. The first-order valence-corrected chi connectivity index (χ1v) is 6.44. The fraction of sp³-hybridized carbons (Fsp3) is 0.125. The average molecular weight is 228 g/mol.